The van der Waals surface area contributed by atoms with Crippen molar-refractivity contribution < 1.29 is 14.2 Å². The monoisotopic (exact) mass is 417 g/mol. The SMILES string of the molecule is Cc1cc(OC[C@H]2CCCN([C@@H](C)c3ccc4c(n3)OCCO4)C2)cc(C)n1.S. The fraction of sp³-hybridized carbons (Fsp3) is 0.545. The summed E-state index contributed by atoms with van der Waals surface area (Å²) < 4.78 is 17.3. The first-order valence-electron chi connectivity index (χ1n) is 10.2. The molecule has 2 aliphatic rings. The van der Waals surface area contributed by atoms with Gasteiger partial charge in [-0.1, -0.05) is 0 Å². The molecule has 2 aliphatic heterocycles. The number of hydrogen-bond donors (Lipinski definition) is 0. The lowest BCUT2D eigenvalue weighted by Gasteiger charge is -2.36. The number of rotatable bonds is 5. The average Bonchev–Trinajstić information content (AvgIpc) is 2.71. The van der Waals surface area contributed by atoms with Gasteiger partial charge >= 0.3 is 0 Å². The second kappa shape index (κ2) is 9.67. The zero-order valence-electron chi connectivity index (χ0n) is 17.5. The lowest BCUT2D eigenvalue weighted by Crippen LogP contribution is -2.39. The molecule has 0 bridgehead atoms. The maximum absolute atomic E-state index is 6.10. The Bertz CT molecular complexity index is 813. The number of hydrogen-bond acceptors (Lipinski definition) is 6. The van der Waals surface area contributed by atoms with Gasteiger partial charge in [-0.2, -0.15) is 13.5 Å². The number of pyridine rings is 2. The summed E-state index contributed by atoms with van der Waals surface area (Å²) in [4.78, 5) is 11.6. The van der Waals surface area contributed by atoms with Crippen LogP contribution in [-0.2, 0) is 0 Å². The van der Waals surface area contributed by atoms with Gasteiger partial charge in [0.05, 0.1) is 12.3 Å². The largest absolute Gasteiger partial charge is 0.493 e. The second-order valence-corrected chi connectivity index (χ2v) is 7.81. The molecule has 0 aromatic carbocycles. The molecule has 4 heterocycles. The Balaban J connectivity index is 0.00000240. The first kappa shape index (κ1) is 21.7. The first-order valence-corrected chi connectivity index (χ1v) is 10.2. The van der Waals surface area contributed by atoms with Crippen LogP contribution < -0.4 is 14.2 Å². The zero-order chi connectivity index (χ0) is 19.5. The summed E-state index contributed by atoms with van der Waals surface area (Å²) in [6, 6.07) is 8.29. The molecule has 29 heavy (non-hydrogen) atoms. The van der Waals surface area contributed by atoms with Crippen molar-refractivity contribution in [1.82, 2.24) is 14.9 Å². The lowest BCUT2D eigenvalue weighted by molar-refractivity contribution is 0.0981. The summed E-state index contributed by atoms with van der Waals surface area (Å²) in [5, 5.41) is 0. The van der Waals surface area contributed by atoms with E-state index in [1.165, 1.54) is 12.8 Å². The van der Waals surface area contributed by atoms with E-state index in [-0.39, 0.29) is 19.5 Å². The Morgan fingerprint density at radius 3 is 2.69 bits per heavy atom. The topological polar surface area (TPSA) is 56.7 Å². The summed E-state index contributed by atoms with van der Waals surface area (Å²) >= 11 is 0. The molecule has 0 spiro atoms. The van der Waals surface area contributed by atoms with Crippen molar-refractivity contribution in [1.29, 1.82) is 0 Å². The number of aryl methyl sites for hydroxylation is 2. The summed E-state index contributed by atoms with van der Waals surface area (Å²) in [6.45, 7) is 10.2. The van der Waals surface area contributed by atoms with Crippen LogP contribution in [0.2, 0.25) is 0 Å². The van der Waals surface area contributed by atoms with Gasteiger partial charge in [0, 0.05) is 42.0 Å². The third-order valence-corrected chi connectivity index (χ3v) is 5.49. The van der Waals surface area contributed by atoms with Gasteiger partial charge in [0.15, 0.2) is 5.75 Å². The number of likely N-dealkylation sites (tertiary alicyclic amines) is 1. The Hall–Kier alpha value is -1.99. The molecular formula is C22H31N3O3S. The van der Waals surface area contributed by atoms with Gasteiger partial charge in [-0.15, -0.1) is 0 Å². The Morgan fingerprint density at radius 1 is 1.14 bits per heavy atom. The van der Waals surface area contributed by atoms with Crippen LogP contribution in [0, 0.1) is 19.8 Å². The van der Waals surface area contributed by atoms with E-state index in [1.54, 1.807) is 0 Å². The van der Waals surface area contributed by atoms with E-state index in [0.717, 1.165) is 48.3 Å². The van der Waals surface area contributed by atoms with Crippen LogP contribution in [0.4, 0.5) is 0 Å². The summed E-state index contributed by atoms with van der Waals surface area (Å²) in [7, 11) is 0. The minimum Gasteiger partial charge on any atom is -0.493 e. The fourth-order valence-electron chi connectivity index (χ4n) is 4.04. The van der Waals surface area contributed by atoms with E-state index < -0.39 is 0 Å². The van der Waals surface area contributed by atoms with Gasteiger partial charge < -0.3 is 14.2 Å². The third-order valence-electron chi connectivity index (χ3n) is 5.49. The van der Waals surface area contributed by atoms with Crippen LogP contribution in [0.15, 0.2) is 24.3 Å². The third kappa shape index (κ3) is 5.34. The number of fused-ring (bicyclic) bond motifs is 1. The minimum atomic E-state index is 0. The first-order chi connectivity index (χ1) is 13.6. The van der Waals surface area contributed by atoms with E-state index >= 15 is 0 Å². The van der Waals surface area contributed by atoms with Gasteiger partial charge in [0.25, 0.3) is 5.88 Å². The van der Waals surface area contributed by atoms with Crippen LogP contribution in [-0.4, -0.2) is 47.8 Å². The van der Waals surface area contributed by atoms with E-state index in [1.807, 2.05) is 32.0 Å². The zero-order valence-corrected chi connectivity index (χ0v) is 18.5. The molecule has 0 amide bonds. The van der Waals surface area contributed by atoms with Gasteiger partial charge in [-0.05, 0) is 52.3 Å². The molecule has 0 N–H and O–H groups in total. The van der Waals surface area contributed by atoms with Crippen molar-refractivity contribution in [3.8, 4) is 17.4 Å². The highest BCUT2D eigenvalue weighted by atomic mass is 32.1. The molecule has 0 aliphatic carbocycles. The van der Waals surface area contributed by atoms with E-state index in [4.69, 9.17) is 19.2 Å². The van der Waals surface area contributed by atoms with Crippen LogP contribution in [0.3, 0.4) is 0 Å². The van der Waals surface area contributed by atoms with Crippen molar-refractivity contribution in [2.75, 3.05) is 32.9 Å². The molecular weight excluding hydrogens is 386 g/mol. The van der Waals surface area contributed by atoms with E-state index in [0.29, 0.717) is 25.0 Å². The molecule has 6 nitrogen and oxygen atoms in total. The number of piperidine rings is 1. The molecule has 4 rings (SSSR count). The molecule has 0 radical (unpaired) electrons. The molecule has 1 fully saturated rings. The molecule has 7 heteroatoms. The van der Waals surface area contributed by atoms with Gasteiger partial charge in [-0.3, -0.25) is 9.88 Å². The lowest BCUT2D eigenvalue weighted by atomic mass is 9.97. The molecule has 2 aromatic rings. The second-order valence-electron chi connectivity index (χ2n) is 7.81. The van der Waals surface area contributed by atoms with Crippen LogP contribution >= 0.6 is 13.5 Å². The molecule has 158 valence electrons. The van der Waals surface area contributed by atoms with E-state index in [9.17, 15) is 0 Å². The maximum Gasteiger partial charge on any atom is 0.257 e. The highest BCUT2D eigenvalue weighted by Crippen LogP contribution is 2.32. The van der Waals surface area contributed by atoms with Crippen LogP contribution in [0.25, 0.3) is 0 Å². The van der Waals surface area contributed by atoms with Crippen LogP contribution in [0.5, 0.6) is 17.4 Å². The predicted molar refractivity (Wildman–Crippen MR) is 118 cm³/mol. The number of aromatic nitrogens is 2. The normalized spacial score (nSPS) is 19.9. The van der Waals surface area contributed by atoms with Gasteiger partial charge in [0.2, 0.25) is 0 Å². The molecule has 2 atom stereocenters. The van der Waals surface area contributed by atoms with Gasteiger partial charge in [-0.25, -0.2) is 4.98 Å². The summed E-state index contributed by atoms with van der Waals surface area (Å²) in [5.41, 5.74) is 3.03. The van der Waals surface area contributed by atoms with Crippen molar-refractivity contribution >= 4 is 13.5 Å². The van der Waals surface area contributed by atoms with Crippen molar-refractivity contribution in [2.24, 2.45) is 5.92 Å². The highest BCUT2D eigenvalue weighted by Gasteiger charge is 2.26. The quantitative estimate of drug-likeness (QED) is 0.737. The fourth-order valence-corrected chi connectivity index (χ4v) is 4.04. The van der Waals surface area contributed by atoms with Crippen LogP contribution in [0.1, 0.15) is 42.9 Å². The van der Waals surface area contributed by atoms with Crippen molar-refractivity contribution in [3.63, 3.8) is 0 Å². The highest BCUT2D eigenvalue weighted by molar-refractivity contribution is 7.59. The molecule has 0 saturated carbocycles. The molecule has 0 unspecified atom stereocenters. The van der Waals surface area contributed by atoms with E-state index in [2.05, 4.69) is 22.9 Å². The van der Waals surface area contributed by atoms with Crippen molar-refractivity contribution in [2.45, 2.75) is 39.7 Å². The predicted octanol–water partition coefficient (Wildman–Crippen LogP) is 3.83. The average molecular weight is 418 g/mol. The number of nitrogens with zero attached hydrogens (tertiary/aromatic N) is 3. The Morgan fingerprint density at radius 2 is 1.90 bits per heavy atom. The van der Waals surface area contributed by atoms with Crippen molar-refractivity contribution in [3.05, 3.63) is 41.3 Å². The summed E-state index contributed by atoms with van der Waals surface area (Å²) in [5.74, 6) is 2.80. The Labute approximate surface area is 180 Å². The van der Waals surface area contributed by atoms with Gasteiger partial charge in [0.1, 0.15) is 19.0 Å². The Kier molecular flexibility index (Phi) is 7.24. The minimum absolute atomic E-state index is 0. The summed E-state index contributed by atoms with van der Waals surface area (Å²) in [6.07, 6.45) is 2.37. The molecule has 2 aromatic heterocycles. The number of ether oxygens (including phenoxy) is 3. The molecule has 1 saturated heterocycles. The smallest absolute Gasteiger partial charge is 0.257 e. The standard InChI is InChI=1S/C22H29N3O3.H2S/c1-15-11-19(12-16(2)23-15)28-14-18-5-4-8-25(13-18)17(3)20-6-7-21-22(24-20)27-10-9-26-21;/h6-7,11-12,17-18H,4-5,8-10,13-14H2,1-3H3;1H2/t17-,18-;/m0./s1. The maximum atomic E-state index is 6.10.